The molecule has 1 rings (SSSR count). The van der Waals surface area contributed by atoms with Crippen molar-refractivity contribution in [1.82, 2.24) is 10.2 Å². The molecule has 1 atom stereocenters. The molecule has 1 fully saturated rings. The molecule has 1 heterocycles. The van der Waals surface area contributed by atoms with E-state index in [0.29, 0.717) is 13.2 Å². The largest absolute Gasteiger partial charge is 0.383 e. The van der Waals surface area contributed by atoms with Gasteiger partial charge in [0.1, 0.15) is 0 Å². The molecule has 4 nitrogen and oxygen atoms in total. The summed E-state index contributed by atoms with van der Waals surface area (Å²) in [6.07, 6.45) is 4.62. The Labute approximate surface area is 98.3 Å². The van der Waals surface area contributed by atoms with Crippen molar-refractivity contribution < 1.29 is 9.53 Å². The lowest BCUT2D eigenvalue weighted by molar-refractivity contribution is -0.126. The van der Waals surface area contributed by atoms with Gasteiger partial charge in [0.2, 0.25) is 5.91 Å². The highest BCUT2D eigenvalue weighted by Gasteiger charge is 2.25. The fourth-order valence-corrected chi connectivity index (χ4v) is 2.24. The Hall–Kier alpha value is -0.610. The molecular weight excluding hydrogens is 204 g/mol. The van der Waals surface area contributed by atoms with Gasteiger partial charge in [0.15, 0.2) is 0 Å². The van der Waals surface area contributed by atoms with Crippen LogP contribution in [-0.2, 0) is 9.53 Å². The van der Waals surface area contributed by atoms with Gasteiger partial charge in [-0.3, -0.25) is 9.69 Å². The average Bonchev–Trinajstić information content (AvgIpc) is 2.54. The first-order valence-electron chi connectivity index (χ1n) is 6.30. The number of methoxy groups -OCH3 is 1. The fourth-order valence-electron chi connectivity index (χ4n) is 2.24. The summed E-state index contributed by atoms with van der Waals surface area (Å²) in [6, 6.07) is 0.0735. The number of likely N-dealkylation sites (N-methyl/N-ethyl adjacent to an activating group) is 1. The lowest BCUT2D eigenvalue weighted by Gasteiger charge is -2.27. The maximum atomic E-state index is 12.0. The molecule has 0 aliphatic carbocycles. The van der Waals surface area contributed by atoms with Crippen LogP contribution in [0.15, 0.2) is 0 Å². The molecular formula is C12H24N2O2. The number of nitrogens with one attached hydrogen (secondary N) is 1. The molecule has 0 saturated carbocycles. The third kappa shape index (κ3) is 4.10. The highest BCUT2D eigenvalue weighted by atomic mass is 16.5. The Bertz CT molecular complexity index is 209. The Morgan fingerprint density at radius 1 is 1.44 bits per heavy atom. The van der Waals surface area contributed by atoms with Gasteiger partial charge in [-0.25, -0.2) is 0 Å². The zero-order chi connectivity index (χ0) is 11.8. The second-order valence-corrected chi connectivity index (χ2v) is 4.28. The van der Waals surface area contributed by atoms with Crippen molar-refractivity contribution in [3.63, 3.8) is 0 Å². The van der Waals surface area contributed by atoms with E-state index in [-0.39, 0.29) is 11.9 Å². The van der Waals surface area contributed by atoms with E-state index in [4.69, 9.17) is 4.74 Å². The SMILES string of the molecule is CCN1CCCCCC1C(=O)NCCOC. The van der Waals surface area contributed by atoms with Crippen molar-refractivity contribution in [3.05, 3.63) is 0 Å². The third-order valence-corrected chi connectivity index (χ3v) is 3.18. The summed E-state index contributed by atoms with van der Waals surface area (Å²) in [7, 11) is 1.65. The van der Waals surface area contributed by atoms with Gasteiger partial charge in [0.25, 0.3) is 0 Å². The summed E-state index contributed by atoms with van der Waals surface area (Å²) < 4.78 is 4.93. The smallest absolute Gasteiger partial charge is 0.237 e. The summed E-state index contributed by atoms with van der Waals surface area (Å²) in [5, 5.41) is 2.94. The van der Waals surface area contributed by atoms with Crippen LogP contribution in [0, 0.1) is 0 Å². The number of carbonyl (C=O) groups excluding carboxylic acids is 1. The minimum atomic E-state index is 0.0735. The van der Waals surface area contributed by atoms with Gasteiger partial charge >= 0.3 is 0 Å². The highest BCUT2D eigenvalue weighted by molar-refractivity contribution is 5.81. The van der Waals surface area contributed by atoms with Crippen molar-refractivity contribution in [2.75, 3.05) is 33.4 Å². The standard InChI is InChI=1S/C12H24N2O2/c1-3-14-9-6-4-5-7-11(14)12(15)13-8-10-16-2/h11H,3-10H2,1-2H3,(H,13,15). The lowest BCUT2D eigenvalue weighted by Crippen LogP contribution is -2.47. The minimum absolute atomic E-state index is 0.0735. The van der Waals surface area contributed by atoms with Crippen molar-refractivity contribution >= 4 is 5.91 Å². The summed E-state index contributed by atoms with van der Waals surface area (Å²) in [4.78, 5) is 14.3. The minimum Gasteiger partial charge on any atom is -0.383 e. The molecule has 1 aliphatic rings. The number of hydrogen-bond donors (Lipinski definition) is 1. The van der Waals surface area contributed by atoms with Crippen molar-refractivity contribution in [2.24, 2.45) is 0 Å². The number of rotatable bonds is 5. The fraction of sp³-hybridized carbons (Fsp3) is 0.917. The predicted molar refractivity (Wildman–Crippen MR) is 64.4 cm³/mol. The normalized spacial score (nSPS) is 22.8. The monoisotopic (exact) mass is 228 g/mol. The van der Waals surface area contributed by atoms with Gasteiger partial charge in [-0.05, 0) is 25.9 Å². The highest BCUT2D eigenvalue weighted by Crippen LogP contribution is 2.16. The first-order chi connectivity index (χ1) is 7.79. The Kier molecular flexibility index (Phi) is 6.42. The van der Waals surface area contributed by atoms with Crippen LogP contribution in [-0.4, -0.2) is 50.2 Å². The second kappa shape index (κ2) is 7.63. The van der Waals surface area contributed by atoms with Gasteiger partial charge in [-0.2, -0.15) is 0 Å². The van der Waals surface area contributed by atoms with E-state index in [0.717, 1.165) is 19.5 Å². The average molecular weight is 228 g/mol. The number of amides is 1. The number of hydrogen-bond acceptors (Lipinski definition) is 3. The van der Waals surface area contributed by atoms with Crippen LogP contribution in [0.1, 0.15) is 32.6 Å². The Morgan fingerprint density at radius 3 is 2.94 bits per heavy atom. The van der Waals surface area contributed by atoms with Crippen LogP contribution in [0.5, 0.6) is 0 Å². The number of carbonyl (C=O) groups is 1. The molecule has 1 N–H and O–H groups in total. The van der Waals surface area contributed by atoms with Crippen LogP contribution < -0.4 is 5.32 Å². The van der Waals surface area contributed by atoms with E-state index < -0.39 is 0 Å². The zero-order valence-electron chi connectivity index (χ0n) is 10.5. The molecule has 1 unspecified atom stereocenters. The topological polar surface area (TPSA) is 41.6 Å². The van der Waals surface area contributed by atoms with Crippen LogP contribution in [0.2, 0.25) is 0 Å². The first kappa shape index (κ1) is 13.5. The van der Waals surface area contributed by atoms with E-state index in [1.165, 1.54) is 19.3 Å². The van der Waals surface area contributed by atoms with Crippen LogP contribution in [0.4, 0.5) is 0 Å². The zero-order valence-corrected chi connectivity index (χ0v) is 10.5. The molecule has 4 heteroatoms. The molecule has 16 heavy (non-hydrogen) atoms. The number of ether oxygens (including phenoxy) is 1. The quantitative estimate of drug-likeness (QED) is 0.714. The predicted octanol–water partition coefficient (Wildman–Crippen LogP) is 1.01. The molecule has 0 aromatic rings. The van der Waals surface area contributed by atoms with Crippen LogP contribution in [0.25, 0.3) is 0 Å². The summed E-state index contributed by atoms with van der Waals surface area (Å²) in [5.41, 5.74) is 0. The molecule has 1 amide bonds. The molecule has 94 valence electrons. The van der Waals surface area contributed by atoms with Gasteiger partial charge < -0.3 is 10.1 Å². The lowest BCUT2D eigenvalue weighted by atomic mass is 10.1. The molecule has 1 saturated heterocycles. The maximum Gasteiger partial charge on any atom is 0.237 e. The van der Waals surface area contributed by atoms with Gasteiger partial charge in [-0.15, -0.1) is 0 Å². The first-order valence-corrected chi connectivity index (χ1v) is 6.30. The second-order valence-electron chi connectivity index (χ2n) is 4.28. The van der Waals surface area contributed by atoms with Crippen molar-refractivity contribution in [3.8, 4) is 0 Å². The molecule has 0 aromatic heterocycles. The molecule has 0 spiro atoms. The molecule has 0 aromatic carbocycles. The van der Waals surface area contributed by atoms with Crippen LogP contribution in [0.3, 0.4) is 0 Å². The molecule has 0 radical (unpaired) electrons. The van der Waals surface area contributed by atoms with Gasteiger partial charge in [0, 0.05) is 13.7 Å². The Morgan fingerprint density at radius 2 is 2.25 bits per heavy atom. The van der Waals surface area contributed by atoms with E-state index >= 15 is 0 Å². The van der Waals surface area contributed by atoms with Gasteiger partial charge in [0.05, 0.1) is 12.6 Å². The number of nitrogens with zero attached hydrogens (tertiary/aromatic N) is 1. The summed E-state index contributed by atoms with van der Waals surface area (Å²) in [5.74, 6) is 0.167. The van der Waals surface area contributed by atoms with Crippen molar-refractivity contribution in [1.29, 1.82) is 0 Å². The van der Waals surface area contributed by atoms with E-state index in [1.54, 1.807) is 7.11 Å². The van der Waals surface area contributed by atoms with Gasteiger partial charge in [-0.1, -0.05) is 19.8 Å². The van der Waals surface area contributed by atoms with E-state index in [1.807, 2.05) is 0 Å². The molecule has 0 bridgehead atoms. The Balaban J connectivity index is 2.42. The van der Waals surface area contributed by atoms with Crippen LogP contribution >= 0.6 is 0 Å². The molecule has 1 aliphatic heterocycles. The third-order valence-electron chi connectivity index (χ3n) is 3.18. The van der Waals surface area contributed by atoms with E-state index in [9.17, 15) is 4.79 Å². The van der Waals surface area contributed by atoms with E-state index in [2.05, 4.69) is 17.1 Å². The number of likely N-dealkylation sites (tertiary alicyclic amines) is 1. The summed E-state index contributed by atoms with van der Waals surface area (Å²) in [6.45, 7) is 5.34. The van der Waals surface area contributed by atoms with Crippen molar-refractivity contribution in [2.45, 2.75) is 38.6 Å². The maximum absolute atomic E-state index is 12.0. The summed E-state index contributed by atoms with van der Waals surface area (Å²) >= 11 is 0.